The summed E-state index contributed by atoms with van der Waals surface area (Å²) in [7, 11) is 1.83. The van der Waals surface area contributed by atoms with Gasteiger partial charge in [-0.25, -0.2) is 17.9 Å². The molecule has 3 aromatic carbocycles. The normalized spacial score (nSPS) is 10.8. The lowest BCUT2D eigenvalue weighted by molar-refractivity contribution is -0.139. The minimum atomic E-state index is -1.18. The van der Waals surface area contributed by atoms with Crippen LogP contribution in [-0.2, 0) is 11.3 Å². The molecule has 3 rings (SSSR count). The summed E-state index contributed by atoms with van der Waals surface area (Å²) in [6.45, 7) is -0.239. The van der Waals surface area contributed by atoms with Gasteiger partial charge in [0.05, 0.1) is 11.6 Å². The molecule has 0 fully saturated rings. The smallest absolute Gasteiger partial charge is 0.341 e. The van der Waals surface area contributed by atoms with Crippen molar-refractivity contribution in [3.8, 4) is 22.9 Å². The van der Waals surface area contributed by atoms with Crippen LogP contribution in [0.5, 0.6) is 5.75 Å². The predicted molar refractivity (Wildman–Crippen MR) is 118 cm³/mol. The van der Waals surface area contributed by atoms with E-state index in [0.29, 0.717) is 28.3 Å². The largest absolute Gasteiger partial charge is 0.481 e. The van der Waals surface area contributed by atoms with Gasteiger partial charge in [-0.05, 0) is 84.7 Å². The molecule has 0 saturated heterocycles. The Kier molecular flexibility index (Phi) is 7.70. The van der Waals surface area contributed by atoms with E-state index in [2.05, 4.69) is 0 Å². The van der Waals surface area contributed by atoms with Crippen molar-refractivity contribution < 1.29 is 23.4 Å². The fourth-order valence-electron chi connectivity index (χ4n) is 2.96. The summed E-state index contributed by atoms with van der Waals surface area (Å²) in [5.74, 6) is -1.95. The number of hydrogen-bond donors (Lipinski definition) is 1. The molecule has 0 saturated carbocycles. The summed E-state index contributed by atoms with van der Waals surface area (Å²) in [6, 6.07) is 14.9. The third-order valence-corrected chi connectivity index (χ3v) is 5.58. The van der Waals surface area contributed by atoms with E-state index >= 15 is 0 Å². The lowest BCUT2D eigenvalue weighted by Crippen LogP contribution is -2.12. The van der Waals surface area contributed by atoms with Crippen molar-refractivity contribution in [1.82, 2.24) is 4.31 Å². The Labute approximate surface area is 192 Å². The second kappa shape index (κ2) is 10.5. The van der Waals surface area contributed by atoms with E-state index in [4.69, 9.17) is 21.4 Å². The van der Waals surface area contributed by atoms with Gasteiger partial charge in [0.15, 0.2) is 6.61 Å². The third-order valence-electron chi connectivity index (χ3n) is 4.31. The Bertz CT molecular complexity index is 1180. The Morgan fingerprint density at radius 1 is 1.16 bits per heavy atom. The first-order valence-electron chi connectivity index (χ1n) is 9.28. The van der Waals surface area contributed by atoms with Crippen LogP contribution in [0.25, 0.3) is 11.1 Å². The van der Waals surface area contributed by atoms with Crippen LogP contribution in [0.3, 0.4) is 0 Å². The molecule has 0 aliphatic heterocycles. The van der Waals surface area contributed by atoms with Gasteiger partial charge < -0.3 is 9.84 Å². The number of rotatable bonds is 8. The molecule has 32 heavy (non-hydrogen) atoms. The molecule has 0 radical (unpaired) electrons. The second-order valence-corrected chi connectivity index (χ2v) is 8.48. The van der Waals surface area contributed by atoms with Gasteiger partial charge in [-0.1, -0.05) is 11.6 Å². The number of carbonyl (C=O) groups is 1. The standard InChI is InChI=1S/C23H17ClF2N2O3S/c1-28(32-19-4-2-17(25)3-5-19)12-16-9-20(15-6-14(11-27)7-18(26)8-15)22(10-21(16)24)31-13-23(29)30/h2-10H,12-13H2,1H3,(H,29,30). The van der Waals surface area contributed by atoms with Crippen LogP contribution in [-0.4, -0.2) is 29.0 Å². The van der Waals surface area contributed by atoms with E-state index in [0.717, 1.165) is 11.0 Å². The van der Waals surface area contributed by atoms with Crippen LogP contribution in [0.1, 0.15) is 11.1 Å². The molecule has 0 aliphatic carbocycles. The molecule has 0 heterocycles. The van der Waals surface area contributed by atoms with Crippen molar-refractivity contribution in [2.75, 3.05) is 13.7 Å². The maximum absolute atomic E-state index is 14.1. The zero-order valence-electron chi connectivity index (χ0n) is 16.8. The van der Waals surface area contributed by atoms with E-state index in [1.54, 1.807) is 18.2 Å². The first-order chi connectivity index (χ1) is 15.2. The first kappa shape index (κ1) is 23.5. The van der Waals surface area contributed by atoms with Gasteiger partial charge in [0.1, 0.15) is 17.4 Å². The van der Waals surface area contributed by atoms with Crippen LogP contribution in [0.2, 0.25) is 5.02 Å². The lowest BCUT2D eigenvalue weighted by Gasteiger charge is -2.19. The molecule has 0 bridgehead atoms. The number of carboxylic acid groups (broad SMARTS) is 1. The highest BCUT2D eigenvalue weighted by Crippen LogP contribution is 2.37. The van der Waals surface area contributed by atoms with E-state index in [-0.39, 0.29) is 17.1 Å². The Hall–Kier alpha value is -3.12. The lowest BCUT2D eigenvalue weighted by atomic mass is 9.99. The van der Waals surface area contributed by atoms with Crippen molar-refractivity contribution in [3.63, 3.8) is 0 Å². The summed E-state index contributed by atoms with van der Waals surface area (Å²) in [5, 5.41) is 18.5. The fraction of sp³-hybridized carbons (Fsp3) is 0.130. The zero-order chi connectivity index (χ0) is 23.3. The molecule has 0 unspecified atom stereocenters. The number of nitrogens with zero attached hydrogens (tertiary/aromatic N) is 2. The van der Waals surface area contributed by atoms with Crippen LogP contribution < -0.4 is 4.74 Å². The molecular weight excluding hydrogens is 458 g/mol. The van der Waals surface area contributed by atoms with Crippen molar-refractivity contribution >= 4 is 29.5 Å². The molecule has 1 N–H and O–H groups in total. The van der Waals surface area contributed by atoms with Crippen LogP contribution in [0.15, 0.2) is 59.5 Å². The van der Waals surface area contributed by atoms with Crippen LogP contribution >= 0.6 is 23.5 Å². The number of aliphatic carboxylic acids is 1. The monoisotopic (exact) mass is 474 g/mol. The summed E-state index contributed by atoms with van der Waals surface area (Å²) in [6.07, 6.45) is 0. The third kappa shape index (κ3) is 6.20. The zero-order valence-corrected chi connectivity index (χ0v) is 18.4. The Balaban J connectivity index is 1.96. The van der Waals surface area contributed by atoms with Crippen molar-refractivity contribution in [1.29, 1.82) is 5.26 Å². The van der Waals surface area contributed by atoms with E-state index in [1.807, 2.05) is 17.4 Å². The fourth-order valence-corrected chi connectivity index (χ4v) is 4.00. The number of carboxylic acids is 1. The average Bonchev–Trinajstić information content (AvgIpc) is 2.74. The second-order valence-electron chi connectivity index (χ2n) is 6.79. The van der Waals surface area contributed by atoms with Gasteiger partial charge in [0.25, 0.3) is 0 Å². The van der Waals surface area contributed by atoms with Crippen molar-refractivity contribution in [2.24, 2.45) is 0 Å². The average molecular weight is 475 g/mol. The minimum absolute atomic E-state index is 0.115. The summed E-state index contributed by atoms with van der Waals surface area (Å²) in [4.78, 5) is 11.8. The molecule has 0 spiro atoms. The van der Waals surface area contributed by atoms with Gasteiger partial charge in [-0.2, -0.15) is 5.26 Å². The summed E-state index contributed by atoms with van der Waals surface area (Å²) >= 11 is 7.80. The number of halogens is 3. The first-order valence-corrected chi connectivity index (χ1v) is 10.4. The maximum Gasteiger partial charge on any atom is 0.341 e. The van der Waals surface area contributed by atoms with Gasteiger partial charge in [-0.3, -0.25) is 0 Å². The highest BCUT2D eigenvalue weighted by Gasteiger charge is 2.16. The molecule has 0 aromatic heterocycles. The number of nitriles is 1. The van der Waals surface area contributed by atoms with Crippen LogP contribution in [0.4, 0.5) is 8.78 Å². The predicted octanol–water partition coefficient (Wildman–Crippen LogP) is 5.76. The topological polar surface area (TPSA) is 73.6 Å². The van der Waals surface area contributed by atoms with E-state index in [9.17, 15) is 18.8 Å². The summed E-state index contributed by atoms with van der Waals surface area (Å²) in [5.41, 5.74) is 1.55. The molecule has 5 nitrogen and oxygen atoms in total. The molecule has 164 valence electrons. The number of hydrogen-bond acceptors (Lipinski definition) is 5. The number of benzene rings is 3. The van der Waals surface area contributed by atoms with Gasteiger partial charge in [0.2, 0.25) is 0 Å². The molecule has 0 atom stereocenters. The Morgan fingerprint density at radius 3 is 2.53 bits per heavy atom. The Morgan fingerprint density at radius 2 is 1.88 bits per heavy atom. The molecular formula is C23H17ClF2N2O3S. The quantitative estimate of drug-likeness (QED) is 0.418. The molecule has 3 aromatic rings. The molecule has 0 aliphatic rings. The SMILES string of the molecule is CN(Cc1cc(-c2cc(F)cc(C#N)c2)c(OCC(=O)O)cc1Cl)Sc1ccc(F)cc1. The highest BCUT2D eigenvalue weighted by atomic mass is 35.5. The van der Waals surface area contributed by atoms with Crippen molar-refractivity contribution in [2.45, 2.75) is 11.4 Å². The van der Waals surface area contributed by atoms with Gasteiger partial charge in [0, 0.05) is 22.0 Å². The minimum Gasteiger partial charge on any atom is -0.481 e. The maximum atomic E-state index is 14.1. The van der Waals surface area contributed by atoms with Crippen molar-refractivity contribution in [3.05, 3.63) is 82.4 Å². The van der Waals surface area contributed by atoms with E-state index in [1.165, 1.54) is 42.3 Å². The van der Waals surface area contributed by atoms with E-state index < -0.39 is 18.4 Å². The molecule has 0 amide bonds. The molecule has 9 heteroatoms. The van der Waals surface area contributed by atoms with Gasteiger partial charge >= 0.3 is 5.97 Å². The summed E-state index contributed by atoms with van der Waals surface area (Å²) < 4.78 is 34.4. The highest BCUT2D eigenvalue weighted by molar-refractivity contribution is 7.97. The van der Waals surface area contributed by atoms with Gasteiger partial charge in [-0.15, -0.1) is 0 Å². The number of ether oxygens (including phenoxy) is 1. The van der Waals surface area contributed by atoms with Crippen LogP contribution in [0, 0.1) is 23.0 Å².